The van der Waals surface area contributed by atoms with Crippen molar-refractivity contribution < 1.29 is 0 Å². The number of nitrogens with two attached hydrogens (primary N) is 1. The summed E-state index contributed by atoms with van der Waals surface area (Å²) in [5.41, 5.74) is 5.57. The molecule has 2 aromatic rings. The molecule has 2 rings (SSSR count). The minimum Gasteiger partial charge on any atom is -0.367 e. The summed E-state index contributed by atoms with van der Waals surface area (Å²) < 4.78 is 1.51. The van der Waals surface area contributed by atoms with E-state index in [-0.39, 0.29) is 12.0 Å². The van der Waals surface area contributed by atoms with Gasteiger partial charge in [-0.3, -0.25) is 0 Å². The fourth-order valence-electron chi connectivity index (χ4n) is 1.06. The van der Waals surface area contributed by atoms with Gasteiger partial charge in [-0.15, -0.1) is 10.2 Å². The van der Waals surface area contributed by atoms with Crippen molar-refractivity contribution in [3.05, 3.63) is 10.0 Å². The first kappa shape index (κ1) is 9.00. The summed E-state index contributed by atoms with van der Waals surface area (Å²) in [6.07, 6.45) is 0. The number of rotatable bonds is 2. The number of anilines is 1. The Labute approximate surface area is 84.0 Å². The van der Waals surface area contributed by atoms with Gasteiger partial charge in [0.05, 0.1) is 0 Å². The smallest absolute Gasteiger partial charge is 0.240 e. The zero-order chi connectivity index (χ0) is 10.1. The zero-order valence-electron chi connectivity index (χ0n) is 7.75. The first-order chi connectivity index (χ1) is 6.68. The normalized spacial score (nSPS) is 13.0. The molecule has 2 N–H and O–H groups in total. The van der Waals surface area contributed by atoms with Crippen molar-refractivity contribution in [2.45, 2.75) is 19.9 Å². The Morgan fingerprint density at radius 2 is 2.14 bits per heavy atom. The number of aromatic nitrogens is 6. The largest absolute Gasteiger partial charge is 0.367 e. The van der Waals surface area contributed by atoms with Crippen molar-refractivity contribution in [1.29, 1.82) is 0 Å². The molecule has 2 aromatic heterocycles. The third kappa shape index (κ3) is 1.43. The van der Waals surface area contributed by atoms with Crippen LogP contribution in [-0.2, 0) is 0 Å². The van der Waals surface area contributed by atoms with Crippen molar-refractivity contribution in [1.82, 2.24) is 30.4 Å². The molecule has 1 atom stereocenters. The average Bonchev–Trinajstić information content (AvgIpc) is 2.73. The van der Waals surface area contributed by atoms with E-state index in [0.717, 1.165) is 10.0 Å². The van der Waals surface area contributed by atoms with Crippen LogP contribution in [0, 0.1) is 6.92 Å². The molecule has 0 saturated carbocycles. The molecule has 0 saturated heterocycles. The minimum absolute atomic E-state index is 0.0730. The average molecular weight is 211 g/mol. The summed E-state index contributed by atoms with van der Waals surface area (Å²) in [5, 5.41) is 20.5. The van der Waals surface area contributed by atoms with Gasteiger partial charge in [-0.2, -0.15) is 0 Å². The molecule has 1 unspecified atom stereocenters. The second-order valence-electron chi connectivity index (χ2n) is 2.82. The van der Waals surface area contributed by atoms with Gasteiger partial charge >= 0.3 is 0 Å². The van der Waals surface area contributed by atoms with E-state index in [1.807, 2.05) is 13.8 Å². The van der Waals surface area contributed by atoms with E-state index in [9.17, 15) is 0 Å². The zero-order valence-corrected chi connectivity index (χ0v) is 8.56. The van der Waals surface area contributed by atoms with Crippen LogP contribution in [0.4, 0.5) is 5.95 Å². The van der Waals surface area contributed by atoms with Gasteiger partial charge < -0.3 is 5.73 Å². The summed E-state index contributed by atoms with van der Waals surface area (Å²) in [6.45, 7) is 3.82. The van der Waals surface area contributed by atoms with Crippen LogP contribution in [0.25, 0.3) is 0 Å². The molecule has 14 heavy (non-hydrogen) atoms. The van der Waals surface area contributed by atoms with Crippen LogP contribution in [0.1, 0.15) is 23.0 Å². The molecule has 0 radical (unpaired) electrons. The molecule has 0 bridgehead atoms. The monoisotopic (exact) mass is 211 g/mol. The second-order valence-corrected chi connectivity index (χ2v) is 4.03. The van der Waals surface area contributed by atoms with E-state index in [0.29, 0.717) is 0 Å². The van der Waals surface area contributed by atoms with E-state index < -0.39 is 0 Å². The topological polar surface area (TPSA) is 95.4 Å². The van der Waals surface area contributed by atoms with E-state index in [4.69, 9.17) is 5.73 Å². The lowest BCUT2D eigenvalue weighted by atomic mass is 10.4. The molecule has 8 heteroatoms. The Morgan fingerprint density at radius 3 is 2.64 bits per heavy atom. The Kier molecular flexibility index (Phi) is 2.12. The van der Waals surface area contributed by atoms with Gasteiger partial charge in [0.25, 0.3) is 0 Å². The van der Waals surface area contributed by atoms with Crippen LogP contribution in [0.2, 0.25) is 0 Å². The summed E-state index contributed by atoms with van der Waals surface area (Å²) in [4.78, 5) is 0. The van der Waals surface area contributed by atoms with Crippen molar-refractivity contribution in [2.24, 2.45) is 0 Å². The van der Waals surface area contributed by atoms with Gasteiger partial charge in [-0.05, 0) is 24.3 Å². The number of tetrazole rings is 1. The van der Waals surface area contributed by atoms with Crippen LogP contribution < -0.4 is 5.73 Å². The fourth-order valence-corrected chi connectivity index (χ4v) is 1.80. The first-order valence-electron chi connectivity index (χ1n) is 4.02. The molecule has 0 spiro atoms. The van der Waals surface area contributed by atoms with Gasteiger partial charge in [0.2, 0.25) is 5.95 Å². The van der Waals surface area contributed by atoms with Gasteiger partial charge in [0.1, 0.15) is 16.1 Å². The van der Waals surface area contributed by atoms with Crippen LogP contribution in [0.15, 0.2) is 0 Å². The molecular weight excluding hydrogens is 202 g/mol. The quantitative estimate of drug-likeness (QED) is 0.752. The maximum atomic E-state index is 5.57. The lowest BCUT2D eigenvalue weighted by Crippen LogP contribution is -2.11. The maximum absolute atomic E-state index is 5.57. The predicted octanol–water partition coefficient (Wildman–Crippen LogP) is 0.0245. The summed E-state index contributed by atoms with van der Waals surface area (Å²) in [7, 11) is 0. The van der Waals surface area contributed by atoms with Gasteiger partial charge in [0.15, 0.2) is 0 Å². The van der Waals surface area contributed by atoms with Crippen LogP contribution >= 0.6 is 11.3 Å². The molecule has 0 aliphatic heterocycles. The van der Waals surface area contributed by atoms with Crippen molar-refractivity contribution in [3.8, 4) is 0 Å². The van der Waals surface area contributed by atoms with Crippen LogP contribution in [-0.4, -0.2) is 30.4 Å². The third-order valence-electron chi connectivity index (χ3n) is 1.78. The Hall–Kier alpha value is -1.57. The second kappa shape index (κ2) is 3.29. The first-order valence-corrected chi connectivity index (χ1v) is 4.83. The van der Waals surface area contributed by atoms with Crippen molar-refractivity contribution in [3.63, 3.8) is 0 Å². The van der Waals surface area contributed by atoms with E-state index >= 15 is 0 Å². The van der Waals surface area contributed by atoms with Crippen LogP contribution in [0.3, 0.4) is 0 Å². The predicted molar refractivity (Wildman–Crippen MR) is 50.7 cm³/mol. The number of aryl methyl sites for hydroxylation is 1. The van der Waals surface area contributed by atoms with E-state index in [2.05, 4.69) is 25.7 Å². The number of hydrogen-bond donors (Lipinski definition) is 1. The Balaban J connectivity index is 2.33. The molecule has 0 amide bonds. The maximum Gasteiger partial charge on any atom is 0.240 e. The fraction of sp³-hybridized carbons (Fsp3) is 0.500. The standard InChI is InChI=1S/C6H9N7S/c1-3(5-9-8-4(2)14-5)13-6(7)10-11-12-13/h3H,1-2H3,(H2,7,10,12). The molecule has 0 aromatic carbocycles. The summed E-state index contributed by atoms with van der Waals surface area (Å²) in [6, 6.07) is -0.0730. The molecule has 7 nitrogen and oxygen atoms in total. The molecular formula is C6H9N7S. The highest BCUT2D eigenvalue weighted by Gasteiger charge is 2.16. The molecule has 0 fully saturated rings. The SMILES string of the molecule is Cc1nnc(C(C)n2nnnc2N)s1. The van der Waals surface area contributed by atoms with Crippen molar-refractivity contribution >= 4 is 17.3 Å². The van der Waals surface area contributed by atoms with Gasteiger partial charge in [-0.25, -0.2) is 4.68 Å². The Bertz CT molecular complexity index is 433. The summed E-state index contributed by atoms with van der Waals surface area (Å²) in [5.74, 6) is 0.283. The highest BCUT2D eigenvalue weighted by molar-refractivity contribution is 7.11. The van der Waals surface area contributed by atoms with Gasteiger partial charge in [0, 0.05) is 0 Å². The summed E-state index contributed by atoms with van der Waals surface area (Å²) >= 11 is 1.51. The van der Waals surface area contributed by atoms with Crippen molar-refractivity contribution in [2.75, 3.05) is 5.73 Å². The van der Waals surface area contributed by atoms with E-state index in [1.54, 1.807) is 0 Å². The molecule has 74 valence electrons. The van der Waals surface area contributed by atoms with Crippen LogP contribution in [0.5, 0.6) is 0 Å². The molecule has 0 aliphatic carbocycles. The third-order valence-corrected chi connectivity index (χ3v) is 2.79. The lowest BCUT2D eigenvalue weighted by Gasteiger charge is -2.06. The Morgan fingerprint density at radius 1 is 1.36 bits per heavy atom. The lowest BCUT2D eigenvalue weighted by molar-refractivity contribution is 0.544. The number of nitrogen functional groups attached to an aromatic ring is 1. The molecule has 2 heterocycles. The van der Waals surface area contributed by atoms with E-state index in [1.165, 1.54) is 16.0 Å². The highest BCUT2D eigenvalue weighted by Crippen LogP contribution is 2.21. The van der Waals surface area contributed by atoms with Gasteiger partial charge in [-0.1, -0.05) is 16.4 Å². The minimum atomic E-state index is -0.0730. The number of hydrogen-bond acceptors (Lipinski definition) is 7. The number of nitrogens with zero attached hydrogens (tertiary/aromatic N) is 6. The highest BCUT2D eigenvalue weighted by atomic mass is 32.1. The molecule has 0 aliphatic rings.